The lowest BCUT2D eigenvalue weighted by molar-refractivity contribution is -0.265. The Morgan fingerprint density at radius 3 is 2.58 bits per heavy atom. The molecular formula is C12H20O6Si. The molecule has 108 valence electrons. The van der Waals surface area contributed by atoms with Crippen LogP contribution < -0.4 is 0 Å². The van der Waals surface area contributed by atoms with Gasteiger partial charge in [-0.25, -0.2) is 4.79 Å². The molecule has 2 heterocycles. The molecule has 0 amide bonds. The smallest absolute Gasteiger partial charge is 0.348 e. The molecule has 0 N–H and O–H groups in total. The van der Waals surface area contributed by atoms with E-state index in [-0.39, 0.29) is 6.61 Å². The summed E-state index contributed by atoms with van der Waals surface area (Å²) in [5, 5.41) is 0. The molecule has 7 heteroatoms. The van der Waals surface area contributed by atoms with Crippen LogP contribution in [0.25, 0.3) is 0 Å². The number of carbonyl (C=O) groups is 2. The third kappa shape index (κ3) is 2.35. The Bertz CT molecular complexity index is 405. The monoisotopic (exact) mass is 288 g/mol. The Labute approximate surface area is 113 Å². The van der Waals surface area contributed by atoms with Crippen molar-refractivity contribution in [2.24, 2.45) is 0 Å². The Kier molecular flexibility index (Phi) is 3.37. The second kappa shape index (κ2) is 4.37. The molecule has 0 saturated carbocycles. The van der Waals surface area contributed by atoms with Crippen LogP contribution in [0, 0.1) is 0 Å². The lowest BCUT2D eigenvalue weighted by atomic mass is 9.92. The first-order valence-corrected chi connectivity index (χ1v) is 9.67. The molecule has 2 aliphatic rings. The van der Waals surface area contributed by atoms with Gasteiger partial charge in [-0.05, 0) is 26.6 Å². The van der Waals surface area contributed by atoms with E-state index in [9.17, 15) is 9.59 Å². The van der Waals surface area contributed by atoms with Gasteiger partial charge in [0.2, 0.25) is 5.78 Å². The number of Topliss-reactive ketones (excluding diaryl/α,β-unsaturated/α-hetero) is 1. The van der Waals surface area contributed by atoms with Gasteiger partial charge in [0.1, 0.15) is 6.61 Å². The quantitative estimate of drug-likeness (QED) is 0.436. The minimum Gasteiger partial charge on any atom is -0.466 e. The van der Waals surface area contributed by atoms with Crippen LogP contribution in [0.2, 0.25) is 19.6 Å². The van der Waals surface area contributed by atoms with Crippen molar-refractivity contribution >= 4 is 20.1 Å². The Balaban J connectivity index is 2.41. The fourth-order valence-corrected chi connectivity index (χ4v) is 3.67. The van der Waals surface area contributed by atoms with Gasteiger partial charge in [-0.3, -0.25) is 4.79 Å². The van der Waals surface area contributed by atoms with E-state index in [0.717, 1.165) is 0 Å². The van der Waals surface area contributed by atoms with Gasteiger partial charge in [0.25, 0.3) is 5.60 Å². The number of fused-ring (bicyclic) bond motifs is 2. The summed E-state index contributed by atoms with van der Waals surface area (Å²) in [6.07, 6.45) is -0.301. The van der Waals surface area contributed by atoms with Crippen molar-refractivity contribution in [2.45, 2.75) is 50.5 Å². The molecular weight excluding hydrogens is 268 g/mol. The van der Waals surface area contributed by atoms with E-state index in [2.05, 4.69) is 0 Å². The molecule has 2 rings (SSSR count). The van der Waals surface area contributed by atoms with Crippen LogP contribution in [0.1, 0.15) is 13.3 Å². The highest BCUT2D eigenvalue weighted by Gasteiger charge is 2.68. The molecule has 19 heavy (non-hydrogen) atoms. The zero-order valence-electron chi connectivity index (χ0n) is 11.9. The van der Waals surface area contributed by atoms with E-state index in [1.807, 2.05) is 19.6 Å². The number of ketones is 1. The molecule has 3 atom stereocenters. The topological polar surface area (TPSA) is 71.1 Å². The molecule has 2 bridgehead atoms. The predicted octanol–water partition coefficient (Wildman–Crippen LogP) is 0.854. The standard InChI is InChI=1S/C12H20O6Si/c1-11-6-9(17-19(3,4)5)12(18-11,10(14)15-2)8(13)7-16-11/h9H,6-7H2,1-5H3/t9-,11-,12-/m0/s1. The molecule has 0 aromatic heterocycles. The van der Waals surface area contributed by atoms with Gasteiger partial charge < -0.3 is 18.6 Å². The number of ether oxygens (including phenoxy) is 3. The molecule has 0 spiro atoms. The maximum Gasteiger partial charge on any atom is 0.348 e. The van der Waals surface area contributed by atoms with Crippen molar-refractivity contribution in [2.75, 3.05) is 13.7 Å². The van der Waals surface area contributed by atoms with Crippen LogP contribution in [-0.2, 0) is 28.2 Å². The zero-order valence-corrected chi connectivity index (χ0v) is 12.9. The average molecular weight is 288 g/mol. The lowest BCUT2D eigenvalue weighted by Crippen LogP contribution is -2.61. The van der Waals surface area contributed by atoms with Crippen molar-refractivity contribution < 1.29 is 28.2 Å². The fourth-order valence-electron chi connectivity index (χ4n) is 2.57. The van der Waals surface area contributed by atoms with Crippen molar-refractivity contribution in [1.29, 1.82) is 0 Å². The Morgan fingerprint density at radius 2 is 2.05 bits per heavy atom. The van der Waals surface area contributed by atoms with Crippen LogP contribution in [0.5, 0.6) is 0 Å². The first kappa shape index (κ1) is 14.6. The number of esters is 1. The lowest BCUT2D eigenvalue weighted by Gasteiger charge is -2.36. The van der Waals surface area contributed by atoms with E-state index in [1.165, 1.54) is 7.11 Å². The Morgan fingerprint density at radius 1 is 1.42 bits per heavy atom. The van der Waals surface area contributed by atoms with Gasteiger partial charge in [0.05, 0.1) is 13.2 Å². The highest BCUT2D eigenvalue weighted by atomic mass is 28.4. The maximum absolute atomic E-state index is 12.2. The summed E-state index contributed by atoms with van der Waals surface area (Å²) in [4.78, 5) is 24.3. The number of methoxy groups -OCH3 is 1. The molecule has 0 aromatic rings. The molecule has 0 radical (unpaired) electrons. The molecule has 0 aliphatic carbocycles. The zero-order chi connectivity index (χ0) is 14.5. The van der Waals surface area contributed by atoms with Crippen LogP contribution in [0.4, 0.5) is 0 Å². The van der Waals surface area contributed by atoms with Crippen molar-refractivity contribution in [3.63, 3.8) is 0 Å². The number of hydrogen-bond acceptors (Lipinski definition) is 6. The maximum atomic E-state index is 12.2. The predicted molar refractivity (Wildman–Crippen MR) is 68.0 cm³/mol. The number of rotatable bonds is 3. The van der Waals surface area contributed by atoms with E-state index < -0.39 is 37.6 Å². The van der Waals surface area contributed by atoms with Gasteiger partial charge >= 0.3 is 5.97 Å². The minimum absolute atomic E-state index is 0.156. The minimum atomic E-state index is -1.95. The van der Waals surface area contributed by atoms with E-state index >= 15 is 0 Å². The van der Waals surface area contributed by atoms with Gasteiger partial charge in [-0.2, -0.15) is 0 Å². The van der Waals surface area contributed by atoms with Gasteiger partial charge in [0.15, 0.2) is 14.1 Å². The molecule has 2 aliphatic heterocycles. The first-order chi connectivity index (χ1) is 8.63. The largest absolute Gasteiger partial charge is 0.466 e. The average Bonchev–Trinajstić information content (AvgIpc) is 2.52. The van der Waals surface area contributed by atoms with Crippen LogP contribution >= 0.6 is 0 Å². The van der Waals surface area contributed by atoms with Gasteiger partial charge in [0, 0.05) is 6.42 Å². The van der Waals surface area contributed by atoms with Crippen LogP contribution in [-0.4, -0.2) is 51.3 Å². The van der Waals surface area contributed by atoms with Gasteiger partial charge in [-0.15, -0.1) is 0 Å². The summed E-state index contributed by atoms with van der Waals surface area (Å²) in [6.45, 7) is 7.54. The normalized spacial score (nSPS) is 38.4. The molecule has 2 saturated heterocycles. The summed E-state index contributed by atoms with van der Waals surface area (Å²) in [5.41, 5.74) is -1.66. The number of carbonyl (C=O) groups excluding carboxylic acids is 2. The molecule has 0 aromatic carbocycles. The van der Waals surface area contributed by atoms with Crippen molar-refractivity contribution in [3.8, 4) is 0 Å². The van der Waals surface area contributed by atoms with E-state index in [4.69, 9.17) is 18.6 Å². The molecule has 6 nitrogen and oxygen atoms in total. The second-order valence-corrected chi connectivity index (χ2v) is 10.6. The highest BCUT2D eigenvalue weighted by Crippen LogP contribution is 2.46. The summed E-state index contributed by atoms with van der Waals surface area (Å²) >= 11 is 0. The molecule has 0 unspecified atom stereocenters. The second-order valence-electron chi connectivity index (χ2n) is 6.10. The Hall–Kier alpha value is -0.763. The van der Waals surface area contributed by atoms with Crippen molar-refractivity contribution in [3.05, 3.63) is 0 Å². The third-order valence-corrected chi connectivity index (χ3v) is 4.29. The fraction of sp³-hybridized carbons (Fsp3) is 0.833. The SMILES string of the molecule is COC(=O)[C@@]12O[C@@](C)(C[C@@H]1O[Si](C)(C)C)OCC2=O. The number of hydrogen-bond donors (Lipinski definition) is 0. The summed E-state index contributed by atoms with van der Waals surface area (Å²) in [7, 11) is -0.705. The summed E-state index contributed by atoms with van der Waals surface area (Å²) < 4.78 is 21.8. The summed E-state index contributed by atoms with van der Waals surface area (Å²) in [6, 6.07) is 0. The van der Waals surface area contributed by atoms with E-state index in [0.29, 0.717) is 6.42 Å². The molecule has 2 fully saturated rings. The van der Waals surface area contributed by atoms with Crippen LogP contribution in [0.15, 0.2) is 0 Å². The first-order valence-electron chi connectivity index (χ1n) is 6.27. The van der Waals surface area contributed by atoms with Gasteiger partial charge in [-0.1, -0.05) is 0 Å². The van der Waals surface area contributed by atoms with Crippen LogP contribution in [0.3, 0.4) is 0 Å². The van der Waals surface area contributed by atoms with Crippen molar-refractivity contribution in [1.82, 2.24) is 0 Å². The third-order valence-electron chi connectivity index (χ3n) is 3.29. The summed E-state index contributed by atoms with van der Waals surface area (Å²) in [5.74, 6) is -2.10. The van der Waals surface area contributed by atoms with E-state index in [1.54, 1.807) is 6.92 Å². The highest BCUT2D eigenvalue weighted by molar-refractivity contribution is 6.69.